The standard InChI is InChI=1S/C16H26N2O/c1-13-6-7-16(14(2)11-13)18(3)9-8-17-12-15-5-4-10-19-15/h6-7,11,15,17H,4-5,8-10,12H2,1-3H3. The van der Waals surface area contributed by atoms with Crippen LogP contribution in [0.25, 0.3) is 0 Å². The van der Waals surface area contributed by atoms with Gasteiger partial charge in [-0.2, -0.15) is 0 Å². The fourth-order valence-corrected chi connectivity index (χ4v) is 2.67. The van der Waals surface area contributed by atoms with E-state index in [9.17, 15) is 0 Å². The van der Waals surface area contributed by atoms with Gasteiger partial charge in [-0.3, -0.25) is 0 Å². The molecule has 1 saturated heterocycles. The predicted molar refractivity (Wildman–Crippen MR) is 81.0 cm³/mol. The highest BCUT2D eigenvalue weighted by molar-refractivity contribution is 5.53. The van der Waals surface area contributed by atoms with Gasteiger partial charge in [0.25, 0.3) is 0 Å². The Bertz CT molecular complexity index is 400. The van der Waals surface area contributed by atoms with E-state index < -0.39 is 0 Å². The molecule has 19 heavy (non-hydrogen) atoms. The van der Waals surface area contributed by atoms with E-state index in [2.05, 4.69) is 49.3 Å². The number of anilines is 1. The minimum absolute atomic E-state index is 0.436. The average molecular weight is 262 g/mol. The summed E-state index contributed by atoms with van der Waals surface area (Å²) in [6.45, 7) is 8.27. The van der Waals surface area contributed by atoms with Crippen LogP contribution < -0.4 is 10.2 Å². The number of hydrogen-bond donors (Lipinski definition) is 1. The van der Waals surface area contributed by atoms with Crippen molar-refractivity contribution in [3.8, 4) is 0 Å². The molecule has 3 heteroatoms. The zero-order valence-electron chi connectivity index (χ0n) is 12.4. The fraction of sp³-hybridized carbons (Fsp3) is 0.625. The number of likely N-dealkylation sites (N-methyl/N-ethyl adjacent to an activating group) is 1. The Morgan fingerprint density at radius 2 is 2.21 bits per heavy atom. The summed E-state index contributed by atoms with van der Waals surface area (Å²) in [5.74, 6) is 0. The third-order valence-corrected chi connectivity index (χ3v) is 3.78. The van der Waals surface area contributed by atoms with Gasteiger partial charge in [0.1, 0.15) is 0 Å². The van der Waals surface area contributed by atoms with Crippen molar-refractivity contribution in [2.75, 3.05) is 38.2 Å². The number of nitrogens with zero attached hydrogens (tertiary/aromatic N) is 1. The first kappa shape index (κ1) is 14.4. The Morgan fingerprint density at radius 1 is 1.37 bits per heavy atom. The third kappa shape index (κ3) is 4.22. The maximum atomic E-state index is 5.60. The molecule has 0 aliphatic carbocycles. The largest absolute Gasteiger partial charge is 0.377 e. The Labute approximate surface area is 116 Å². The SMILES string of the molecule is Cc1ccc(N(C)CCNCC2CCCO2)c(C)c1. The topological polar surface area (TPSA) is 24.5 Å². The molecule has 3 nitrogen and oxygen atoms in total. The number of nitrogens with one attached hydrogen (secondary N) is 1. The van der Waals surface area contributed by atoms with Crippen LogP contribution >= 0.6 is 0 Å². The maximum Gasteiger partial charge on any atom is 0.0700 e. The van der Waals surface area contributed by atoms with E-state index in [1.807, 2.05) is 0 Å². The van der Waals surface area contributed by atoms with Crippen molar-refractivity contribution < 1.29 is 4.74 Å². The van der Waals surface area contributed by atoms with Crippen LogP contribution in [0.1, 0.15) is 24.0 Å². The molecule has 2 rings (SSSR count). The van der Waals surface area contributed by atoms with Crippen molar-refractivity contribution in [3.63, 3.8) is 0 Å². The molecule has 0 saturated carbocycles. The molecule has 0 spiro atoms. The Kier molecular flexibility index (Phi) is 5.23. The Hall–Kier alpha value is -1.06. The van der Waals surface area contributed by atoms with Gasteiger partial charge in [0.15, 0.2) is 0 Å². The van der Waals surface area contributed by atoms with E-state index in [-0.39, 0.29) is 0 Å². The van der Waals surface area contributed by atoms with Crippen LogP contribution in [0.2, 0.25) is 0 Å². The molecule has 1 aromatic carbocycles. The van der Waals surface area contributed by atoms with E-state index in [1.54, 1.807) is 0 Å². The van der Waals surface area contributed by atoms with Crippen molar-refractivity contribution in [3.05, 3.63) is 29.3 Å². The number of hydrogen-bond acceptors (Lipinski definition) is 3. The zero-order chi connectivity index (χ0) is 13.7. The average Bonchev–Trinajstić information content (AvgIpc) is 2.87. The van der Waals surface area contributed by atoms with Crippen LogP contribution in [0, 0.1) is 13.8 Å². The molecule has 0 bridgehead atoms. The van der Waals surface area contributed by atoms with Crippen LogP contribution in [-0.2, 0) is 4.74 Å². The second-order valence-corrected chi connectivity index (χ2v) is 5.55. The van der Waals surface area contributed by atoms with E-state index in [4.69, 9.17) is 4.74 Å². The highest BCUT2D eigenvalue weighted by Gasteiger charge is 2.14. The first-order valence-electron chi connectivity index (χ1n) is 7.27. The minimum atomic E-state index is 0.436. The van der Waals surface area contributed by atoms with Crippen LogP contribution in [0.3, 0.4) is 0 Å². The van der Waals surface area contributed by atoms with E-state index in [1.165, 1.54) is 29.7 Å². The predicted octanol–water partition coefficient (Wildman–Crippen LogP) is 2.51. The molecular formula is C16H26N2O. The van der Waals surface area contributed by atoms with Gasteiger partial charge in [0.2, 0.25) is 0 Å². The molecule has 1 aliphatic heterocycles. The van der Waals surface area contributed by atoms with Gasteiger partial charge in [-0.15, -0.1) is 0 Å². The van der Waals surface area contributed by atoms with E-state index >= 15 is 0 Å². The highest BCUT2D eigenvalue weighted by Crippen LogP contribution is 2.19. The highest BCUT2D eigenvalue weighted by atomic mass is 16.5. The molecule has 1 heterocycles. The summed E-state index contributed by atoms with van der Waals surface area (Å²) in [4.78, 5) is 2.32. The molecule has 0 aromatic heterocycles. The lowest BCUT2D eigenvalue weighted by Gasteiger charge is -2.22. The van der Waals surface area contributed by atoms with Gasteiger partial charge >= 0.3 is 0 Å². The van der Waals surface area contributed by atoms with Crippen molar-refractivity contribution >= 4 is 5.69 Å². The van der Waals surface area contributed by atoms with Gasteiger partial charge in [-0.25, -0.2) is 0 Å². The third-order valence-electron chi connectivity index (χ3n) is 3.78. The van der Waals surface area contributed by atoms with Crippen LogP contribution in [0.4, 0.5) is 5.69 Å². The van der Waals surface area contributed by atoms with Crippen LogP contribution in [0.15, 0.2) is 18.2 Å². The van der Waals surface area contributed by atoms with E-state index in [0.29, 0.717) is 6.10 Å². The fourth-order valence-electron chi connectivity index (χ4n) is 2.67. The van der Waals surface area contributed by atoms with Crippen molar-refractivity contribution in [2.45, 2.75) is 32.8 Å². The summed E-state index contributed by atoms with van der Waals surface area (Å²) in [6.07, 6.45) is 2.86. The maximum absolute atomic E-state index is 5.60. The van der Waals surface area contributed by atoms with E-state index in [0.717, 1.165) is 26.2 Å². The quantitative estimate of drug-likeness (QED) is 0.797. The van der Waals surface area contributed by atoms with Crippen molar-refractivity contribution in [2.24, 2.45) is 0 Å². The van der Waals surface area contributed by atoms with Crippen molar-refractivity contribution in [1.29, 1.82) is 0 Å². The van der Waals surface area contributed by atoms with Gasteiger partial charge < -0.3 is 15.0 Å². The van der Waals surface area contributed by atoms with Gasteiger partial charge in [-0.05, 0) is 38.3 Å². The Morgan fingerprint density at radius 3 is 2.89 bits per heavy atom. The molecular weight excluding hydrogens is 236 g/mol. The lowest BCUT2D eigenvalue weighted by atomic mass is 10.1. The summed E-state index contributed by atoms with van der Waals surface area (Å²) in [6, 6.07) is 6.63. The molecule has 1 aliphatic rings. The van der Waals surface area contributed by atoms with Gasteiger partial charge in [-0.1, -0.05) is 17.7 Å². The second-order valence-electron chi connectivity index (χ2n) is 5.55. The minimum Gasteiger partial charge on any atom is -0.377 e. The van der Waals surface area contributed by atoms with Gasteiger partial charge in [0, 0.05) is 39.0 Å². The Balaban J connectivity index is 1.72. The molecule has 1 N–H and O–H groups in total. The molecule has 0 amide bonds. The smallest absolute Gasteiger partial charge is 0.0700 e. The molecule has 1 fully saturated rings. The molecule has 1 unspecified atom stereocenters. The summed E-state index contributed by atoms with van der Waals surface area (Å²) in [5, 5.41) is 3.49. The molecule has 106 valence electrons. The number of rotatable bonds is 6. The van der Waals surface area contributed by atoms with Gasteiger partial charge in [0.05, 0.1) is 6.10 Å². The molecule has 1 aromatic rings. The first-order chi connectivity index (χ1) is 9.16. The van der Waals surface area contributed by atoms with Crippen molar-refractivity contribution in [1.82, 2.24) is 5.32 Å². The normalized spacial score (nSPS) is 18.8. The van der Waals surface area contributed by atoms with Crippen LogP contribution in [0.5, 0.6) is 0 Å². The molecule has 1 atom stereocenters. The summed E-state index contributed by atoms with van der Waals surface area (Å²) >= 11 is 0. The summed E-state index contributed by atoms with van der Waals surface area (Å²) in [5.41, 5.74) is 4.00. The lowest BCUT2D eigenvalue weighted by molar-refractivity contribution is 0.110. The second kappa shape index (κ2) is 6.92. The first-order valence-corrected chi connectivity index (χ1v) is 7.27. The summed E-state index contributed by atoms with van der Waals surface area (Å²) < 4.78 is 5.60. The molecule has 0 radical (unpaired) electrons. The number of aryl methyl sites for hydroxylation is 2. The lowest BCUT2D eigenvalue weighted by Crippen LogP contribution is -2.33. The number of ether oxygens (including phenoxy) is 1. The summed E-state index contributed by atoms with van der Waals surface area (Å²) in [7, 11) is 2.16. The monoisotopic (exact) mass is 262 g/mol. The van der Waals surface area contributed by atoms with Crippen LogP contribution in [-0.4, -0.2) is 39.4 Å². The number of benzene rings is 1. The zero-order valence-corrected chi connectivity index (χ0v) is 12.4.